The average molecular weight is 1140 g/mol. The van der Waals surface area contributed by atoms with Gasteiger partial charge in [-0.2, -0.15) is 0 Å². The first-order valence-electron chi connectivity index (χ1n) is 25.0. The Morgan fingerprint density at radius 2 is 1.44 bits per heavy atom. The van der Waals surface area contributed by atoms with Gasteiger partial charge in [0.25, 0.3) is 5.79 Å². The molecule has 8 unspecified atom stereocenters. The second kappa shape index (κ2) is 29.3. The Morgan fingerprint density at radius 3 is 2.08 bits per heavy atom. The lowest BCUT2D eigenvalue weighted by Gasteiger charge is -2.50. The van der Waals surface area contributed by atoms with Gasteiger partial charge in [-0.15, -0.1) is 11.8 Å². The molecule has 0 bridgehead atoms. The highest BCUT2D eigenvalue weighted by atomic mass is 32.2. The van der Waals surface area contributed by atoms with Crippen molar-refractivity contribution in [2.75, 3.05) is 58.9 Å². The first kappa shape index (κ1) is 64.4. The van der Waals surface area contributed by atoms with Gasteiger partial charge in [-0.3, -0.25) is 28.9 Å². The quantitative estimate of drug-likeness (QED) is 0.0268. The number of likely N-dealkylation sites (tertiary alicyclic amines) is 1. The van der Waals surface area contributed by atoms with E-state index < -0.39 is 184 Å². The Labute approximate surface area is 445 Å². The SMILES string of the molecule is CNC(=O)CCCCN1C(=O)CC(SCCC(=O)NCCO[C@@H]2OC(CO)[C@H](O)C(O[C@@H]3OC(CO[C@]4(C(=O)O)C[C@@H](O)[C@@H](C)C([C@H](O)[C@H](O)CO)O4)[C@@H](O)C(O[C@@H]4OC(CO)[C@H](O)C(O)[C@@H]4O)[C@@H]3NC(C)=O)[C@@H]2O)C1=O. The van der Waals surface area contributed by atoms with Crippen LogP contribution in [0.4, 0.5) is 0 Å². The summed E-state index contributed by atoms with van der Waals surface area (Å²) >= 11 is 1.13. The third-order valence-electron chi connectivity index (χ3n) is 13.8. The van der Waals surface area contributed by atoms with Crippen molar-refractivity contribution >= 4 is 47.3 Å². The summed E-state index contributed by atoms with van der Waals surface area (Å²) in [5.74, 6) is -7.90. The van der Waals surface area contributed by atoms with Crippen LogP contribution in [0, 0.1) is 5.92 Å². The molecule has 0 radical (unpaired) electrons. The maximum Gasteiger partial charge on any atom is 0.364 e. The number of hydrogen-bond acceptors (Lipinski definition) is 27. The molecule has 442 valence electrons. The molecule has 5 aliphatic heterocycles. The molecular weight excluding hydrogens is 1060 g/mol. The number of carboxylic acid groups (broad SMARTS) is 1. The van der Waals surface area contributed by atoms with E-state index in [1.54, 1.807) is 0 Å². The number of unbranched alkanes of at least 4 members (excludes halogenated alkanes) is 1. The van der Waals surface area contributed by atoms with E-state index in [0.29, 0.717) is 12.8 Å². The molecule has 0 aromatic heterocycles. The molecule has 0 aromatic rings. The number of aliphatic hydroxyl groups excluding tert-OH is 12. The van der Waals surface area contributed by atoms with Gasteiger partial charge in [0.15, 0.2) is 18.9 Å². The summed E-state index contributed by atoms with van der Waals surface area (Å²) in [5, 5.41) is 146. The van der Waals surface area contributed by atoms with Crippen molar-refractivity contribution in [3.8, 4) is 0 Å². The fourth-order valence-electron chi connectivity index (χ4n) is 9.28. The molecule has 0 aromatic carbocycles. The minimum absolute atomic E-state index is 0.0399. The maximum absolute atomic E-state index is 12.9. The van der Waals surface area contributed by atoms with E-state index in [0.717, 1.165) is 23.6 Å². The van der Waals surface area contributed by atoms with Gasteiger partial charge in [-0.25, -0.2) is 4.79 Å². The van der Waals surface area contributed by atoms with E-state index in [-0.39, 0.29) is 62.4 Å². The molecular formula is C45H74N4O27S. The molecule has 5 amide bonds. The van der Waals surface area contributed by atoms with E-state index >= 15 is 0 Å². The Kier molecular flexibility index (Phi) is 24.5. The van der Waals surface area contributed by atoms with Gasteiger partial charge in [0, 0.05) is 64.4 Å². The summed E-state index contributed by atoms with van der Waals surface area (Å²) in [6.45, 7) is -1.94. The molecule has 5 aliphatic rings. The number of aliphatic carboxylic acids is 1. The zero-order valence-corrected chi connectivity index (χ0v) is 43.2. The lowest BCUT2D eigenvalue weighted by atomic mass is 9.84. The number of carbonyl (C=O) groups is 6. The van der Waals surface area contributed by atoms with Crippen molar-refractivity contribution in [3.05, 3.63) is 0 Å². The van der Waals surface area contributed by atoms with E-state index in [1.165, 1.54) is 14.0 Å². The molecule has 5 rings (SSSR count). The number of nitrogens with one attached hydrogen (secondary N) is 3. The summed E-state index contributed by atoms with van der Waals surface area (Å²) in [6, 6.07) is -1.80. The third-order valence-corrected chi connectivity index (χ3v) is 15.0. The molecule has 22 atom stereocenters. The van der Waals surface area contributed by atoms with Gasteiger partial charge in [0.2, 0.25) is 29.5 Å². The average Bonchev–Trinajstić information content (AvgIpc) is 3.67. The number of rotatable bonds is 27. The summed E-state index contributed by atoms with van der Waals surface area (Å²) < 4.78 is 46.3. The topological polar surface area (TPSA) is 479 Å². The normalized spacial score (nSPS) is 38.5. The second-order valence-corrected chi connectivity index (χ2v) is 20.5. The molecule has 31 nitrogen and oxygen atoms in total. The van der Waals surface area contributed by atoms with Crippen LogP contribution in [0.25, 0.3) is 0 Å². The zero-order chi connectivity index (χ0) is 57.1. The number of carbonyl (C=O) groups excluding carboxylic acids is 5. The molecule has 0 saturated carbocycles. The first-order valence-corrected chi connectivity index (χ1v) is 26.1. The highest BCUT2D eigenvalue weighted by Crippen LogP contribution is 2.39. The predicted molar refractivity (Wildman–Crippen MR) is 253 cm³/mol. The van der Waals surface area contributed by atoms with E-state index in [4.69, 9.17) is 37.9 Å². The van der Waals surface area contributed by atoms with Crippen molar-refractivity contribution in [2.45, 2.75) is 180 Å². The zero-order valence-electron chi connectivity index (χ0n) is 42.4. The fourth-order valence-corrected chi connectivity index (χ4v) is 10.4. The number of nitrogens with zero attached hydrogens (tertiary/aromatic N) is 1. The fraction of sp³-hybridized carbons (Fsp3) is 0.867. The predicted octanol–water partition coefficient (Wildman–Crippen LogP) is -8.82. The van der Waals surface area contributed by atoms with Crippen LogP contribution in [-0.4, -0.2) is 293 Å². The van der Waals surface area contributed by atoms with Crippen molar-refractivity contribution in [1.29, 1.82) is 0 Å². The number of imide groups is 1. The highest BCUT2D eigenvalue weighted by molar-refractivity contribution is 8.00. The molecule has 16 N–H and O–H groups in total. The van der Waals surface area contributed by atoms with E-state index in [1.807, 2.05) is 0 Å². The van der Waals surface area contributed by atoms with Gasteiger partial charge in [-0.05, 0) is 12.8 Å². The second-order valence-electron chi connectivity index (χ2n) is 19.2. The van der Waals surface area contributed by atoms with Crippen LogP contribution in [-0.2, 0) is 66.7 Å². The van der Waals surface area contributed by atoms with Crippen molar-refractivity contribution < 1.29 is 133 Å². The van der Waals surface area contributed by atoms with Crippen LogP contribution in [0.2, 0.25) is 0 Å². The van der Waals surface area contributed by atoms with Crippen molar-refractivity contribution in [1.82, 2.24) is 20.9 Å². The standard InChI is InChI=1S/C45H74N4O27S/c1-18-20(54)13-45(44(67)68,76-37(18)30(59)21(55)14-50)70-17-24-33(62)38(74-43-35(64)34(63)31(60)22(15-51)72-43)29(48-19(2)53)41(73-24)75-39-32(61)23(16-52)71-42(36(39)65)69-10-8-47-27(57)7-11-77-25-12-28(58)49(40(25)66)9-5-4-6-26(56)46-3/h18,20-25,29-39,41-43,50-52,54-55,59-65H,4-17H2,1-3H3,(H,46,56)(H,47,57)(H,48,53)(H,67,68)/t18-,20-,21-,22?,23?,24?,25?,29+,30-,31+,32+,33-,34?,35+,36+,37?,38?,39?,41+,42-,43+,45-/m1/s1. The van der Waals surface area contributed by atoms with Crippen LogP contribution in [0.1, 0.15) is 52.4 Å². The van der Waals surface area contributed by atoms with Crippen LogP contribution >= 0.6 is 11.8 Å². The van der Waals surface area contributed by atoms with Gasteiger partial charge in [0.05, 0.1) is 50.5 Å². The number of thioether (sulfide) groups is 1. The minimum atomic E-state index is -2.88. The lowest BCUT2D eigenvalue weighted by molar-refractivity contribution is -0.373. The monoisotopic (exact) mass is 1130 g/mol. The Hall–Kier alpha value is -3.43. The number of ether oxygens (including phenoxy) is 8. The minimum Gasteiger partial charge on any atom is -0.477 e. The summed E-state index contributed by atoms with van der Waals surface area (Å²) in [4.78, 5) is 76.4. The molecule has 5 fully saturated rings. The number of hydrogen-bond donors (Lipinski definition) is 16. The van der Waals surface area contributed by atoms with Gasteiger partial charge in [-0.1, -0.05) is 6.92 Å². The van der Waals surface area contributed by atoms with Gasteiger partial charge < -0.3 is 120 Å². The third kappa shape index (κ3) is 15.9. The van der Waals surface area contributed by atoms with Crippen molar-refractivity contribution in [2.24, 2.45) is 5.92 Å². The Morgan fingerprint density at radius 1 is 0.805 bits per heavy atom. The number of aliphatic hydroxyl groups is 12. The smallest absolute Gasteiger partial charge is 0.364 e. The van der Waals surface area contributed by atoms with Crippen LogP contribution in [0.5, 0.6) is 0 Å². The lowest BCUT2D eigenvalue weighted by Crippen LogP contribution is -2.70. The molecule has 5 heterocycles. The number of carboxylic acids is 1. The Balaban J connectivity index is 1.30. The molecule has 5 saturated heterocycles. The molecule has 0 aliphatic carbocycles. The van der Waals surface area contributed by atoms with E-state index in [2.05, 4.69) is 16.0 Å². The summed E-state index contributed by atoms with van der Waals surface area (Å²) in [5.41, 5.74) is 0. The van der Waals surface area contributed by atoms with Crippen LogP contribution in [0.15, 0.2) is 0 Å². The number of amides is 5. The van der Waals surface area contributed by atoms with Crippen LogP contribution in [0.3, 0.4) is 0 Å². The molecule has 0 spiro atoms. The Bertz CT molecular complexity index is 1970. The summed E-state index contributed by atoms with van der Waals surface area (Å²) in [6.07, 6.45) is -33.7. The van der Waals surface area contributed by atoms with Crippen LogP contribution < -0.4 is 16.0 Å². The van der Waals surface area contributed by atoms with Crippen molar-refractivity contribution in [3.63, 3.8) is 0 Å². The van der Waals surface area contributed by atoms with Gasteiger partial charge in [0.1, 0.15) is 85.4 Å². The highest BCUT2D eigenvalue weighted by Gasteiger charge is 2.58. The first-order chi connectivity index (χ1) is 36.4. The summed E-state index contributed by atoms with van der Waals surface area (Å²) in [7, 11) is 1.51. The maximum atomic E-state index is 12.9. The molecule has 32 heteroatoms. The molecule has 77 heavy (non-hydrogen) atoms. The largest absolute Gasteiger partial charge is 0.477 e. The van der Waals surface area contributed by atoms with Gasteiger partial charge >= 0.3 is 5.97 Å². The van der Waals surface area contributed by atoms with E-state index in [9.17, 15) is 95.2 Å².